The summed E-state index contributed by atoms with van der Waals surface area (Å²) in [6, 6.07) is 0. The molecule has 0 spiro atoms. The van der Waals surface area contributed by atoms with E-state index in [0.717, 1.165) is 5.69 Å². The quantitative estimate of drug-likeness (QED) is 0.645. The Morgan fingerprint density at radius 2 is 2.64 bits per heavy atom. The van der Waals surface area contributed by atoms with Crippen LogP contribution in [0.5, 0.6) is 0 Å². The lowest BCUT2D eigenvalue weighted by atomic mass is 10.5. The zero-order valence-electron chi connectivity index (χ0n) is 6.53. The highest BCUT2D eigenvalue weighted by atomic mass is 16.5. The van der Waals surface area contributed by atoms with Crippen LogP contribution < -0.4 is 0 Å². The summed E-state index contributed by atoms with van der Waals surface area (Å²) >= 11 is 0. The smallest absolute Gasteiger partial charge is 0.141 e. The number of nitrogens with zero attached hydrogens (tertiary/aromatic N) is 3. The average Bonchev–Trinajstić information content (AvgIpc) is 2.47. The van der Waals surface area contributed by atoms with Crippen molar-refractivity contribution < 1.29 is 4.74 Å². The molecule has 60 valence electrons. The summed E-state index contributed by atoms with van der Waals surface area (Å²) in [5.74, 6) is 0. The van der Waals surface area contributed by atoms with E-state index in [2.05, 4.69) is 16.9 Å². The highest BCUT2D eigenvalue weighted by Crippen LogP contribution is 1.97. The number of hydrogen-bond donors (Lipinski definition) is 0. The summed E-state index contributed by atoms with van der Waals surface area (Å²) in [6.45, 7) is 6.67. The zero-order chi connectivity index (χ0) is 8.10. The van der Waals surface area contributed by atoms with Crippen molar-refractivity contribution >= 4 is 6.08 Å². The third-order valence-electron chi connectivity index (χ3n) is 1.27. The molecule has 0 bridgehead atoms. The van der Waals surface area contributed by atoms with E-state index >= 15 is 0 Å². The summed E-state index contributed by atoms with van der Waals surface area (Å²) in [5.41, 5.74) is 0.874. The molecule has 1 rings (SSSR count). The van der Waals surface area contributed by atoms with Crippen LogP contribution in [0, 0.1) is 0 Å². The fourth-order valence-corrected chi connectivity index (χ4v) is 0.702. The number of rotatable bonds is 4. The van der Waals surface area contributed by atoms with Gasteiger partial charge in [0, 0.05) is 6.61 Å². The van der Waals surface area contributed by atoms with Gasteiger partial charge in [0.2, 0.25) is 0 Å². The first-order chi connectivity index (χ1) is 5.38. The third-order valence-corrected chi connectivity index (χ3v) is 1.27. The van der Waals surface area contributed by atoms with Gasteiger partial charge in [-0.25, -0.2) is 4.68 Å². The van der Waals surface area contributed by atoms with Gasteiger partial charge in [0.15, 0.2) is 0 Å². The second kappa shape index (κ2) is 3.88. The van der Waals surface area contributed by atoms with Crippen LogP contribution in [0.15, 0.2) is 12.8 Å². The van der Waals surface area contributed by atoms with Crippen LogP contribution in [0.25, 0.3) is 6.08 Å². The Hall–Kier alpha value is -1.16. The van der Waals surface area contributed by atoms with Crippen molar-refractivity contribution in [3.63, 3.8) is 0 Å². The minimum atomic E-state index is 0.442. The maximum absolute atomic E-state index is 5.13. The summed E-state index contributed by atoms with van der Waals surface area (Å²) in [6.07, 6.45) is 3.34. The Morgan fingerprint density at radius 3 is 3.27 bits per heavy atom. The van der Waals surface area contributed by atoms with E-state index in [9.17, 15) is 0 Å². The van der Waals surface area contributed by atoms with Gasteiger partial charge in [-0.3, -0.25) is 0 Å². The Bertz CT molecular complexity index is 231. The molecule has 0 fully saturated rings. The predicted octanol–water partition coefficient (Wildman–Crippen LogP) is 0.915. The molecule has 1 aromatic rings. The second-order valence-corrected chi connectivity index (χ2v) is 1.98. The summed E-state index contributed by atoms with van der Waals surface area (Å²) in [7, 11) is 0. The summed E-state index contributed by atoms with van der Waals surface area (Å²) in [4.78, 5) is 0. The van der Waals surface area contributed by atoms with Crippen molar-refractivity contribution in [3.8, 4) is 0 Å². The minimum Gasteiger partial charge on any atom is -0.359 e. The molecule has 0 aliphatic rings. The van der Waals surface area contributed by atoms with Crippen LogP contribution in [0.1, 0.15) is 12.6 Å². The van der Waals surface area contributed by atoms with Crippen molar-refractivity contribution in [2.24, 2.45) is 0 Å². The molecule has 0 saturated carbocycles. The van der Waals surface area contributed by atoms with E-state index in [1.807, 2.05) is 6.92 Å². The van der Waals surface area contributed by atoms with Gasteiger partial charge < -0.3 is 4.74 Å². The lowest BCUT2D eigenvalue weighted by Crippen LogP contribution is -2.05. The van der Waals surface area contributed by atoms with E-state index in [1.165, 1.54) is 0 Å². The fourth-order valence-electron chi connectivity index (χ4n) is 0.702. The van der Waals surface area contributed by atoms with Crippen LogP contribution in [0.2, 0.25) is 0 Å². The van der Waals surface area contributed by atoms with Crippen LogP contribution in [0.4, 0.5) is 0 Å². The van der Waals surface area contributed by atoms with Crippen molar-refractivity contribution in [1.29, 1.82) is 0 Å². The molecule has 0 aromatic carbocycles. The molecular weight excluding hydrogens is 142 g/mol. The molecular formula is C7H11N3O. The highest BCUT2D eigenvalue weighted by molar-refractivity contribution is 5.39. The van der Waals surface area contributed by atoms with Crippen LogP contribution in [-0.2, 0) is 11.5 Å². The molecule has 1 heterocycles. The lowest BCUT2D eigenvalue weighted by Gasteiger charge is -2.01. The number of hydrogen-bond acceptors (Lipinski definition) is 3. The number of aromatic nitrogens is 3. The van der Waals surface area contributed by atoms with Gasteiger partial charge in [-0.15, -0.1) is 5.10 Å². The van der Waals surface area contributed by atoms with E-state index in [0.29, 0.717) is 13.3 Å². The highest BCUT2D eigenvalue weighted by Gasteiger charge is 1.96. The second-order valence-electron chi connectivity index (χ2n) is 1.98. The monoisotopic (exact) mass is 153 g/mol. The van der Waals surface area contributed by atoms with E-state index in [1.54, 1.807) is 17.0 Å². The number of ether oxygens (including phenoxy) is 1. The molecule has 4 heteroatoms. The Morgan fingerprint density at radius 1 is 1.82 bits per heavy atom. The van der Waals surface area contributed by atoms with Gasteiger partial charge in [0.25, 0.3) is 0 Å². The Balaban J connectivity index is 2.61. The molecule has 1 aromatic heterocycles. The molecule has 0 aliphatic carbocycles. The summed E-state index contributed by atoms with van der Waals surface area (Å²) in [5, 5.41) is 7.50. The van der Waals surface area contributed by atoms with Crippen LogP contribution in [-0.4, -0.2) is 21.6 Å². The SMILES string of the molecule is C=Cc1cnnn1COCC. The van der Waals surface area contributed by atoms with Gasteiger partial charge in [0.1, 0.15) is 6.73 Å². The summed E-state index contributed by atoms with van der Waals surface area (Å²) < 4.78 is 6.78. The molecule has 0 unspecified atom stereocenters. The van der Waals surface area contributed by atoms with Crippen molar-refractivity contribution in [2.45, 2.75) is 13.7 Å². The molecule has 4 nitrogen and oxygen atoms in total. The van der Waals surface area contributed by atoms with Gasteiger partial charge in [0.05, 0.1) is 11.9 Å². The van der Waals surface area contributed by atoms with Gasteiger partial charge in [-0.1, -0.05) is 11.8 Å². The van der Waals surface area contributed by atoms with E-state index < -0.39 is 0 Å². The normalized spacial score (nSPS) is 9.91. The molecule has 0 radical (unpaired) electrons. The van der Waals surface area contributed by atoms with E-state index in [4.69, 9.17) is 4.74 Å². The third kappa shape index (κ3) is 1.88. The first-order valence-electron chi connectivity index (χ1n) is 3.47. The van der Waals surface area contributed by atoms with Crippen molar-refractivity contribution in [2.75, 3.05) is 6.61 Å². The van der Waals surface area contributed by atoms with Gasteiger partial charge in [-0.05, 0) is 13.0 Å². The Labute approximate surface area is 65.5 Å². The van der Waals surface area contributed by atoms with Crippen LogP contribution >= 0.6 is 0 Å². The molecule has 0 N–H and O–H groups in total. The molecule has 0 saturated heterocycles. The molecule has 11 heavy (non-hydrogen) atoms. The zero-order valence-corrected chi connectivity index (χ0v) is 6.53. The van der Waals surface area contributed by atoms with Crippen LogP contribution in [0.3, 0.4) is 0 Å². The topological polar surface area (TPSA) is 39.9 Å². The van der Waals surface area contributed by atoms with Gasteiger partial charge >= 0.3 is 0 Å². The lowest BCUT2D eigenvalue weighted by molar-refractivity contribution is 0.0774. The molecule has 0 amide bonds. The minimum absolute atomic E-state index is 0.442. The molecule has 0 atom stereocenters. The Kier molecular flexibility index (Phi) is 2.80. The van der Waals surface area contributed by atoms with Crippen molar-refractivity contribution in [3.05, 3.63) is 18.5 Å². The van der Waals surface area contributed by atoms with Gasteiger partial charge in [-0.2, -0.15) is 0 Å². The predicted molar refractivity (Wildman–Crippen MR) is 41.7 cm³/mol. The average molecular weight is 153 g/mol. The maximum atomic E-state index is 5.13. The maximum Gasteiger partial charge on any atom is 0.141 e. The molecule has 0 aliphatic heterocycles. The first-order valence-corrected chi connectivity index (χ1v) is 3.47. The largest absolute Gasteiger partial charge is 0.359 e. The van der Waals surface area contributed by atoms with Crippen molar-refractivity contribution in [1.82, 2.24) is 15.0 Å². The fraction of sp³-hybridized carbons (Fsp3) is 0.429. The van der Waals surface area contributed by atoms with E-state index in [-0.39, 0.29) is 0 Å². The standard InChI is InChI=1S/C7H11N3O/c1-3-7-5-8-9-10(7)6-11-4-2/h3,5H,1,4,6H2,2H3. The first kappa shape index (κ1) is 7.94.